The Morgan fingerprint density at radius 3 is 2.59 bits per heavy atom. The molecule has 1 N–H and O–H groups in total. The number of hydrogen-bond acceptors (Lipinski definition) is 3. The average molecular weight is 225 g/mol. The molecule has 4 rings (SSSR count). The van der Waals surface area contributed by atoms with Crippen molar-refractivity contribution in [3.8, 4) is 0 Å². The summed E-state index contributed by atoms with van der Waals surface area (Å²) in [4.78, 5) is 9.07. The van der Waals surface area contributed by atoms with E-state index in [1.54, 1.807) is 0 Å². The summed E-state index contributed by atoms with van der Waals surface area (Å²) in [6, 6.07) is 4.52. The molecule has 1 aliphatic heterocycles. The third-order valence-electron chi connectivity index (χ3n) is 4.10. The first-order chi connectivity index (χ1) is 8.31. The van der Waals surface area contributed by atoms with Gasteiger partial charge in [-0.3, -0.25) is 4.98 Å². The quantitative estimate of drug-likeness (QED) is 0.746. The van der Waals surface area contributed by atoms with Gasteiger partial charge in [-0.1, -0.05) is 0 Å². The number of aryl methyl sites for hydroxylation is 1. The van der Waals surface area contributed by atoms with Gasteiger partial charge < -0.3 is 5.32 Å². The van der Waals surface area contributed by atoms with Crippen LogP contribution in [0.5, 0.6) is 0 Å². The molecule has 2 atom stereocenters. The molecule has 0 spiro atoms. The Kier molecular flexibility index (Phi) is 1.83. The van der Waals surface area contributed by atoms with Gasteiger partial charge in [-0.25, -0.2) is 4.98 Å². The lowest BCUT2D eigenvalue weighted by atomic mass is 9.98. The topological polar surface area (TPSA) is 37.8 Å². The van der Waals surface area contributed by atoms with Gasteiger partial charge >= 0.3 is 0 Å². The predicted octanol–water partition coefficient (Wildman–Crippen LogP) is 2.11. The Morgan fingerprint density at radius 2 is 1.82 bits per heavy atom. The lowest BCUT2D eigenvalue weighted by molar-refractivity contribution is 0.454. The normalized spacial score (nSPS) is 26.2. The maximum atomic E-state index is 4.58. The van der Waals surface area contributed by atoms with Gasteiger partial charge in [0.15, 0.2) is 0 Å². The van der Waals surface area contributed by atoms with Crippen molar-refractivity contribution in [1.29, 1.82) is 0 Å². The third kappa shape index (κ3) is 1.32. The molecule has 0 saturated carbocycles. The van der Waals surface area contributed by atoms with E-state index in [1.807, 2.05) is 13.1 Å². The summed E-state index contributed by atoms with van der Waals surface area (Å²) in [6.45, 7) is 4.24. The first-order valence-electron chi connectivity index (χ1n) is 6.29. The lowest BCUT2D eigenvalue weighted by Gasteiger charge is -2.19. The molecule has 3 nitrogen and oxygen atoms in total. The standard InChI is InChI=1S/C14H15N3/c1-8-5-16-13-3-11-9-2-10(7-15-6-9)12(11)4-14(13)17-8/h3-5,9-10,15H,2,6-7H2,1H3/t9-,10+/m1/s1. The first kappa shape index (κ1) is 9.54. The minimum absolute atomic E-state index is 0.690. The monoisotopic (exact) mass is 225 g/mol. The Labute approximate surface area is 100 Å². The summed E-state index contributed by atoms with van der Waals surface area (Å²) < 4.78 is 0. The largest absolute Gasteiger partial charge is 0.316 e. The summed E-state index contributed by atoms with van der Waals surface area (Å²) in [5.74, 6) is 1.38. The molecule has 3 heteroatoms. The van der Waals surface area contributed by atoms with E-state index < -0.39 is 0 Å². The van der Waals surface area contributed by atoms with E-state index in [9.17, 15) is 0 Å². The zero-order valence-electron chi connectivity index (χ0n) is 9.90. The van der Waals surface area contributed by atoms with Gasteiger partial charge in [0, 0.05) is 19.3 Å². The molecule has 2 bridgehead atoms. The molecule has 0 amide bonds. The molecule has 0 radical (unpaired) electrons. The molecule has 1 aromatic carbocycles. The van der Waals surface area contributed by atoms with E-state index in [0.29, 0.717) is 11.8 Å². The molecule has 2 heterocycles. The number of rotatable bonds is 0. The highest BCUT2D eigenvalue weighted by atomic mass is 14.9. The van der Waals surface area contributed by atoms with Crippen LogP contribution >= 0.6 is 0 Å². The number of nitrogens with zero attached hydrogens (tertiary/aromatic N) is 2. The van der Waals surface area contributed by atoms with Crippen LogP contribution in [0.15, 0.2) is 18.3 Å². The highest BCUT2D eigenvalue weighted by Gasteiger charge is 2.34. The van der Waals surface area contributed by atoms with Crippen molar-refractivity contribution in [2.24, 2.45) is 0 Å². The summed E-state index contributed by atoms with van der Waals surface area (Å²) >= 11 is 0. The van der Waals surface area contributed by atoms with E-state index in [4.69, 9.17) is 0 Å². The van der Waals surface area contributed by atoms with Crippen LogP contribution in [0.25, 0.3) is 11.0 Å². The van der Waals surface area contributed by atoms with Crippen molar-refractivity contribution in [2.45, 2.75) is 25.2 Å². The van der Waals surface area contributed by atoms with Crippen LogP contribution in [-0.4, -0.2) is 23.1 Å². The van der Waals surface area contributed by atoms with Gasteiger partial charge in [-0.15, -0.1) is 0 Å². The second-order valence-corrected chi connectivity index (χ2v) is 5.27. The molecule has 2 aromatic rings. The summed E-state index contributed by atoms with van der Waals surface area (Å²) in [5.41, 5.74) is 6.10. The van der Waals surface area contributed by atoms with Gasteiger partial charge in [0.2, 0.25) is 0 Å². The fourth-order valence-corrected chi connectivity index (χ4v) is 3.31. The summed E-state index contributed by atoms with van der Waals surface area (Å²) in [7, 11) is 0. The van der Waals surface area contributed by atoms with Crippen molar-refractivity contribution in [2.75, 3.05) is 13.1 Å². The maximum Gasteiger partial charge on any atom is 0.0893 e. The number of benzene rings is 1. The lowest BCUT2D eigenvalue weighted by Crippen LogP contribution is -2.28. The van der Waals surface area contributed by atoms with E-state index in [2.05, 4.69) is 27.4 Å². The number of fused-ring (bicyclic) bond motifs is 6. The molecule has 1 fully saturated rings. The van der Waals surface area contributed by atoms with Crippen LogP contribution in [0.2, 0.25) is 0 Å². The van der Waals surface area contributed by atoms with Crippen LogP contribution in [0.1, 0.15) is 35.1 Å². The molecular formula is C14H15N3. The van der Waals surface area contributed by atoms with Crippen molar-refractivity contribution < 1.29 is 0 Å². The van der Waals surface area contributed by atoms with Gasteiger partial charge in [0.1, 0.15) is 0 Å². The van der Waals surface area contributed by atoms with E-state index >= 15 is 0 Å². The molecule has 86 valence electrons. The highest BCUT2D eigenvalue weighted by molar-refractivity contribution is 5.77. The fraction of sp³-hybridized carbons (Fsp3) is 0.429. The van der Waals surface area contributed by atoms with Crippen molar-refractivity contribution in [3.05, 3.63) is 35.2 Å². The Morgan fingerprint density at radius 1 is 1.12 bits per heavy atom. The molecular weight excluding hydrogens is 210 g/mol. The molecule has 2 aliphatic rings. The predicted molar refractivity (Wildman–Crippen MR) is 67.2 cm³/mol. The van der Waals surface area contributed by atoms with E-state index in [1.165, 1.54) is 17.5 Å². The Balaban J connectivity index is 1.99. The van der Waals surface area contributed by atoms with Crippen LogP contribution in [0.4, 0.5) is 0 Å². The van der Waals surface area contributed by atoms with Crippen LogP contribution in [0, 0.1) is 6.92 Å². The van der Waals surface area contributed by atoms with E-state index in [-0.39, 0.29) is 0 Å². The average Bonchev–Trinajstić information content (AvgIpc) is 2.59. The zero-order chi connectivity index (χ0) is 11.4. The third-order valence-corrected chi connectivity index (χ3v) is 4.10. The minimum Gasteiger partial charge on any atom is -0.316 e. The fourth-order valence-electron chi connectivity index (χ4n) is 3.31. The van der Waals surface area contributed by atoms with Crippen molar-refractivity contribution in [1.82, 2.24) is 15.3 Å². The second-order valence-electron chi connectivity index (χ2n) is 5.27. The SMILES string of the molecule is Cc1cnc2cc3c(cc2n1)[C@@H]1CNC[C@H]3C1. The van der Waals surface area contributed by atoms with Gasteiger partial charge in [-0.05, 0) is 48.4 Å². The maximum absolute atomic E-state index is 4.58. The Bertz CT molecular complexity index is 606. The van der Waals surface area contributed by atoms with Crippen LogP contribution in [-0.2, 0) is 0 Å². The molecule has 17 heavy (non-hydrogen) atoms. The molecule has 0 unspecified atom stereocenters. The van der Waals surface area contributed by atoms with Crippen molar-refractivity contribution in [3.63, 3.8) is 0 Å². The second kappa shape index (κ2) is 3.26. The van der Waals surface area contributed by atoms with E-state index in [0.717, 1.165) is 29.8 Å². The van der Waals surface area contributed by atoms with Gasteiger partial charge in [-0.2, -0.15) is 0 Å². The number of aromatic nitrogens is 2. The summed E-state index contributed by atoms with van der Waals surface area (Å²) in [5, 5.41) is 3.52. The summed E-state index contributed by atoms with van der Waals surface area (Å²) in [6.07, 6.45) is 3.16. The number of nitrogens with one attached hydrogen (secondary N) is 1. The van der Waals surface area contributed by atoms with Crippen molar-refractivity contribution >= 4 is 11.0 Å². The van der Waals surface area contributed by atoms with Gasteiger partial charge in [0.25, 0.3) is 0 Å². The molecule has 1 aliphatic carbocycles. The minimum atomic E-state index is 0.690. The van der Waals surface area contributed by atoms with Crippen LogP contribution in [0.3, 0.4) is 0 Å². The zero-order valence-corrected chi connectivity index (χ0v) is 9.90. The molecule has 1 aromatic heterocycles. The Hall–Kier alpha value is -1.48. The first-order valence-corrected chi connectivity index (χ1v) is 6.29. The highest BCUT2D eigenvalue weighted by Crippen LogP contribution is 2.44. The van der Waals surface area contributed by atoms with Crippen LogP contribution < -0.4 is 5.32 Å². The smallest absolute Gasteiger partial charge is 0.0893 e. The number of hydrogen-bond donors (Lipinski definition) is 1. The number of piperidine rings is 1. The van der Waals surface area contributed by atoms with Gasteiger partial charge in [0.05, 0.1) is 16.7 Å². The molecule has 1 saturated heterocycles.